The number of unbranched alkanes of at least 4 members (excludes halogenated alkanes) is 2. The van der Waals surface area contributed by atoms with Crippen molar-refractivity contribution < 1.29 is 14.9 Å². The molecule has 16 heteroatoms. The number of hydrogen-bond acceptors (Lipinski definition) is 14. The van der Waals surface area contributed by atoms with Crippen LogP contribution in [0.15, 0.2) is 58.4 Å². The monoisotopic (exact) mass is 916 g/mol. The fourth-order valence-electron chi connectivity index (χ4n) is 10.3. The summed E-state index contributed by atoms with van der Waals surface area (Å²) in [4.78, 5) is 53.6. The summed E-state index contributed by atoms with van der Waals surface area (Å²) in [5.41, 5.74) is 3.53. The van der Waals surface area contributed by atoms with Gasteiger partial charge in [-0.3, -0.25) is 18.7 Å². The first-order valence-corrected chi connectivity index (χ1v) is 25.0. The summed E-state index contributed by atoms with van der Waals surface area (Å²) in [6, 6.07) is 12.4. The van der Waals surface area contributed by atoms with Crippen LogP contribution in [-0.2, 0) is 4.74 Å². The number of fused-ring (bicyclic) bond motifs is 6. The molecule has 10 rings (SSSR count). The van der Waals surface area contributed by atoms with Crippen molar-refractivity contribution in [2.45, 2.75) is 115 Å². The van der Waals surface area contributed by atoms with Gasteiger partial charge in [-0.05, 0) is 106 Å². The Labute approximate surface area is 392 Å². The molecule has 67 heavy (non-hydrogen) atoms. The van der Waals surface area contributed by atoms with Crippen LogP contribution in [0.4, 0.5) is 23.3 Å². The Balaban J connectivity index is 0.000000168. The molecule has 0 spiro atoms. The fraction of sp³-hybridized carbons (Fsp3) is 0.569. The molecular weight excluding hydrogens is 847 g/mol. The lowest BCUT2D eigenvalue weighted by Gasteiger charge is -2.34. The molecule has 2 saturated carbocycles. The first kappa shape index (κ1) is 46.7. The van der Waals surface area contributed by atoms with Crippen LogP contribution < -0.4 is 31.6 Å². The summed E-state index contributed by atoms with van der Waals surface area (Å²) in [6.45, 7) is 12.9. The largest absolute Gasteiger partial charge is 0.393 e. The Kier molecular flexibility index (Phi) is 14.8. The second-order valence-corrected chi connectivity index (χ2v) is 19.0. The average molecular weight is 916 g/mol. The molecule has 6 heterocycles. The van der Waals surface area contributed by atoms with E-state index in [-0.39, 0.29) is 35.4 Å². The Hall–Kier alpha value is -5.42. The summed E-state index contributed by atoms with van der Waals surface area (Å²) in [5.74, 6) is 1.13. The van der Waals surface area contributed by atoms with Crippen molar-refractivity contribution in [2.75, 3.05) is 93.1 Å². The zero-order chi connectivity index (χ0) is 46.4. The standard InChI is InChI=1S/C26H36N6O2.C25H33N5O3/c1-3-4-11-27-26-28-17-23-21-10-7-19(31-14-12-30(2)13-15-31)16-22(21)25(34)32(24(23)29-26)18-5-8-20(33)9-6-18;1-2-3-10-26-25-27-16-22-20-9-6-18(29-11-13-33-14-12-29)15-21(20)24(32)30(23(22)28-25)17-4-7-19(31)8-5-17/h7,10,16-18,20,33H,3-6,8-9,11-15H2,1-2H3,(H,27,28,29);6,9,15-17,19,31H,2-5,7-8,10-14H2,1H3,(H,26,27,28). The second-order valence-electron chi connectivity index (χ2n) is 19.0. The van der Waals surface area contributed by atoms with Crippen molar-refractivity contribution in [3.63, 3.8) is 0 Å². The first-order valence-electron chi connectivity index (χ1n) is 25.0. The number of benzene rings is 2. The van der Waals surface area contributed by atoms with Gasteiger partial charge in [-0.15, -0.1) is 0 Å². The average Bonchev–Trinajstić information content (AvgIpc) is 3.36. The predicted octanol–water partition coefficient (Wildman–Crippen LogP) is 6.85. The molecule has 4 fully saturated rings. The minimum atomic E-state index is -0.280. The van der Waals surface area contributed by atoms with Gasteiger partial charge in [0.2, 0.25) is 11.9 Å². The van der Waals surface area contributed by atoms with Gasteiger partial charge in [-0.1, -0.05) is 38.8 Å². The molecule has 4 aliphatic rings. The van der Waals surface area contributed by atoms with Gasteiger partial charge in [0.15, 0.2) is 0 Å². The lowest BCUT2D eigenvalue weighted by Crippen LogP contribution is -2.44. The van der Waals surface area contributed by atoms with E-state index in [4.69, 9.17) is 14.7 Å². The van der Waals surface area contributed by atoms with Crippen LogP contribution >= 0.6 is 0 Å². The molecule has 0 atom stereocenters. The SMILES string of the molecule is CCCCNc1ncc2c3ccc(N4CCN(C)CC4)cc3c(=O)n(C3CCC(O)CC3)c2n1.CCCCNc1ncc2c3ccc(N4CCOCC4)cc3c(=O)n(C3CCC(O)CC3)c2n1. The number of pyridine rings is 2. The van der Waals surface area contributed by atoms with Crippen LogP contribution in [0.5, 0.6) is 0 Å². The number of anilines is 4. The molecule has 2 aliphatic carbocycles. The number of nitrogens with zero attached hydrogens (tertiary/aromatic N) is 9. The summed E-state index contributed by atoms with van der Waals surface area (Å²) in [6.07, 6.45) is 13.4. The Morgan fingerprint density at radius 2 is 1.01 bits per heavy atom. The molecule has 2 aromatic carbocycles. The third-order valence-electron chi connectivity index (χ3n) is 14.4. The first-order chi connectivity index (χ1) is 32.7. The van der Waals surface area contributed by atoms with E-state index in [0.29, 0.717) is 67.5 Å². The number of likely N-dealkylation sites (N-methyl/N-ethyl adjacent to an activating group) is 1. The maximum Gasteiger partial charge on any atom is 0.260 e. The number of aromatic nitrogens is 6. The molecular formula is C51H69N11O5. The number of ether oxygens (including phenoxy) is 1. The molecule has 0 unspecified atom stereocenters. The van der Waals surface area contributed by atoms with E-state index in [9.17, 15) is 19.8 Å². The number of aliphatic hydroxyl groups is 2. The Bertz CT molecular complexity index is 2770. The quantitative estimate of drug-likeness (QED) is 0.0740. The van der Waals surface area contributed by atoms with Crippen LogP contribution in [-0.4, -0.2) is 129 Å². The van der Waals surface area contributed by atoms with Crippen molar-refractivity contribution in [1.29, 1.82) is 0 Å². The van der Waals surface area contributed by atoms with Gasteiger partial charge in [0.05, 0.1) is 36.2 Å². The van der Waals surface area contributed by atoms with Crippen molar-refractivity contribution in [1.82, 2.24) is 34.0 Å². The van der Waals surface area contributed by atoms with Gasteiger partial charge in [0.25, 0.3) is 11.1 Å². The molecule has 0 amide bonds. The van der Waals surface area contributed by atoms with Gasteiger partial charge in [-0.25, -0.2) is 9.97 Å². The predicted molar refractivity (Wildman–Crippen MR) is 269 cm³/mol. The highest BCUT2D eigenvalue weighted by Crippen LogP contribution is 2.35. The summed E-state index contributed by atoms with van der Waals surface area (Å²) >= 11 is 0. The van der Waals surface area contributed by atoms with Gasteiger partial charge < -0.3 is 40.3 Å². The minimum Gasteiger partial charge on any atom is -0.393 e. The maximum atomic E-state index is 14.0. The molecule has 16 nitrogen and oxygen atoms in total. The van der Waals surface area contributed by atoms with Crippen LogP contribution in [0.2, 0.25) is 0 Å². The second kappa shape index (κ2) is 21.3. The lowest BCUT2D eigenvalue weighted by atomic mass is 9.92. The fourth-order valence-corrected chi connectivity index (χ4v) is 10.3. The van der Waals surface area contributed by atoms with E-state index in [1.165, 1.54) is 0 Å². The van der Waals surface area contributed by atoms with E-state index in [1.807, 2.05) is 33.7 Å². The molecule has 358 valence electrons. The third kappa shape index (κ3) is 10.2. The Morgan fingerprint density at radius 1 is 0.582 bits per heavy atom. The lowest BCUT2D eigenvalue weighted by molar-refractivity contribution is 0.110. The number of morpholine rings is 1. The molecule has 2 saturated heterocycles. The third-order valence-corrected chi connectivity index (χ3v) is 14.4. The zero-order valence-electron chi connectivity index (χ0n) is 39.6. The molecule has 6 aromatic rings. The summed E-state index contributed by atoms with van der Waals surface area (Å²) < 4.78 is 9.26. The highest BCUT2D eigenvalue weighted by molar-refractivity contribution is 6.06. The number of nitrogens with one attached hydrogen (secondary N) is 2. The van der Waals surface area contributed by atoms with Crippen molar-refractivity contribution in [3.05, 3.63) is 69.5 Å². The van der Waals surface area contributed by atoms with E-state index >= 15 is 0 Å². The van der Waals surface area contributed by atoms with Crippen LogP contribution in [0.25, 0.3) is 43.6 Å². The van der Waals surface area contributed by atoms with Crippen molar-refractivity contribution in [2.24, 2.45) is 0 Å². The normalized spacial score (nSPS) is 21.7. The number of hydrogen-bond donors (Lipinski definition) is 4. The molecule has 0 bridgehead atoms. The summed E-state index contributed by atoms with van der Waals surface area (Å²) in [7, 11) is 2.15. The highest BCUT2D eigenvalue weighted by Gasteiger charge is 2.28. The molecule has 0 radical (unpaired) electrons. The van der Waals surface area contributed by atoms with Gasteiger partial charge in [0, 0.05) is 99.0 Å². The van der Waals surface area contributed by atoms with E-state index < -0.39 is 0 Å². The van der Waals surface area contributed by atoms with Crippen molar-refractivity contribution in [3.8, 4) is 0 Å². The van der Waals surface area contributed by atoms with Crippen molar-refractivity contribution >= 4 is 66.9 Å². The van der Waals surface area contributed by atoms with Gasteiger partial charge >= 0.3 is 0 Å². The molecule has 2 aliphatic heterocycles. The van der Waals surface area contributed by atoms with Gasteiger partial charge in [-0.2, -0.15) is 9.97 Å². The van der Waals surface area contributed by atoms with Crippen LogP contribution in [0.1, 0.15) is 103 Å². The highest BCUT2D eigenvalue weighted by atomic mass is 16.5. The molecule has 4 N–H and O–H groups in total. The number of aliphatic hydroxyl groups excluding tert-OH is 2. The van der Waals surface area contributed by atoms with Crippen LogP contribution in [0.3, 0.4) is 0 Å². The van der Waals surface area contributed by atoms with E-state index in [2.05, 4.69) is 80.5 Å². The van der Waals surface area contributed by atoms with Gasteiger partial charge in [0.1, 0.15) is 11.3 Å². The number of piperazine rings is 1. The van der Waals surface area contributed by atoms with Crippen LogP contribution in [0, 0.1) is 0 Å². The minimum absolute atomic E-state index is 0.00722. The summed E-state index contributed by atoms with van der Waals surface area (Å²) in [5, 5.41) is 31.7. The number of rotatable bonds is 12. The topological polar surface area (TPSA) is 179 Å². The zero-order valence-corrected chi connectivity index (χ0v) is 39.6. The Morgan fingerprint density at radius 3 is 1.45 bits per heavy atom. The maximum absolute atomic E-state index is 14.0. The van der Waals surface area contributed by atoms with E-state index in [0.717, 1.165) is 142 Å². The van der Waals surface area contributed by atoms with E-state index in [1.54, 1.807) is 0 Å². The molecule has 4 aromatic heterocycles. The smallest absolute Gasteiger partial charge is 0.260 e.